The Morgan fingerprint density at radius 2 is 2.04 bits per heavy atom. The Kier molecular flexibility index (Phi) is 6.89. The van der Waals surface area contributed by atoms with Crippen LogP contribution < -0.4 is 15.5 Å². The van der Waals surface area contributed by atoms with Gasteiger partial charge in [-0.05, 0) is 62.9 Å². The number of piperidine rings is 1. The standard InChI is InChI=1S/C20H29N5S/c1-3-21-20(24-15-18-8-7-16(2)26-18)23-14-17-9-10-22-19(13-17)25-11-5-4-6-12-25/h7-10,13H,3-6,11-12,14-15H2,1-2H3,(H2,21,23,24). The van der Waals surface area contributed by atoms with Crippen molar-refractivity contribution in [2.24, 2.45) is 4.99 Å². The van der Waals surface area contributed by atoms with E-state index in [9.17, 15) is 0 Å². The molecule has 0 unspecified atom stereocenters. The number of rotatable bonds is 6. The Hall–Kier alpha value is -2.08. The van der Waals surface area contributed by atoms with Crippen molar-refractivity contribution in [2.75, 3.05) is 24.5 Å². The number of pyridine rings is 1. The molecule has 26 heavy (non-hydrogen) atoms. The zero-order valence-corrected chi connectivity index (χ0v) is 16.6. The number of nitrogens with one attached hydrogen (secondary N) is 2. The summed E-state index contributed by atoms with van der Waals surface area (Å²) in [5.41, 5.74) is 1.20. The first-order valence-corrected chi connectivity index (χ1v) is 10.3. The summed E-state index contributed by atoms with van der Waals surface area (Å²) in [7, 11) is 0. The molecule has 0 aliphatic carbocycles. The highest BCUT2D eigenvalue weighted by molar-refractivity contribution is 7.11. The summed E-state index contributed by atoms with van der Waals surface area (Å²) in [6.07, 6.45) is 5.77. The van der Waals surface area contributed by atoms with Crippen LogP contribution in [0.15, 0.2) is 35.5 Å². The average Bonchev–Trinajstić information content (AvgIpc) is 3.10. The second kappa shape index (κ2) is 9.57. The number of hydrogen-bond acceptors (Lipinski definition) is 4. The molecule has 0 aromatic carbocycles. The van der Waals surface area contributed by atoms with Crippen molar-refractivity contribution in [3.8, 4) is 0 Å². The van der Waals surface area contributed by atoms with E-state index >= 15 is 0 Å². The highest BCUT2D eigenvalue weighted by atomic mass is 32.1. The molecule has 2 N–H and O–H groups in total. The summed E-state index contributed by atoms with van der Waals surface area (Å²) >= 11 is 1.82. The molecule has 0 saturated carbocycles. The number of nitrogens with zero attached hydrogens (tertiary/aromatic N) is 3. The van der Waals surface area contributed by atoms with Crippen LogP contribution in [0.25, 0.3) is 0 Å². The minimum atomic E-state index is 0.655. The van der Waals surface area contributed by atoms with Crippen LogP contribution in [0.5, 0.6) is 0 Å². The van der Waals surface area contributed by atoms with E-state index in [0.29, 0.717) is 6.54 Å². The van der Waals surface area contributed by atoms with E-state index in [4.69, 9.17) is 4.99 Å². The number of hydrogen-bond donors (Lipinski definition) is 2. The van der Waals surface area contributed by atoms with E-state index in [1.807, 2.05) is 17.5 Å². The van der Waals surface area contributed by atoms with Gasteiger partial charge in [0.05, 0.1) is 13.1 Å². The summed E-state index contributed by atoms with van der Waals surface area (Å²) in [5.74, 6) is 1.94. The van der Waals surface area contributed by atoms with Crippen LogP contribution >= 0.6 is 11.3 Å². The van der Waals surface area contributed by atoms with Gasteiger partial charge in [-0.1, -0.05) is 0 Å². The van der Waals surface area contributed by atoms with Crippen molar-refractivity contribution in [1.29, 1.82) is 0 Å². The molecule has 140 valence electrons. The lowest BCUT2D eigenvalue weighted by Gasteiger charge is -2.27. The predicted molar refractivity (Wildman–Crippen MR) is 111 cm³/mol. The van der Waals surface area contributed by atoms with E-state index in [1.165, 1.54) is 34.6 Å². The van der Waals surface area contributed by atoms with E-state index in [0.717, 1.165) is 38.0 Å². The van der Waals surface area contributed by atoms with Crippen LogP contribution in [0.4, 0.5) is 5.82 Å². The molecule has 0 amide bonds. The minimum absolute atomic E-state index is 0.655. The average molecular weight is 372 g/mol. The van der Waals surface area contributed by atoms with Crippen molar-refractivity contribution in [2.45, 2.75) is 46.2 Å². The van der Waals surface area contributed by atoms with Gasteiger partial charge < -0.3 is 15.5 Å². The topological polar surface area (TPSA) is 52.6 Å². The molecular formula is C20H29N5S. The molecule has 1 aliphatic rings. The smallest absolute Gasteiger partial charge is 0.191 e. The van der Waals surface area contributed by atoms with Crippen molar-refractivity contribution in [1.82, 2.24) is 15.6 Å². The van der Waals surface area contributed by atoms with Crippen LogP contribution in [0.3, 0.4) is 0 Å². The first-order valence-electron chi connectivity index (χ1n) is 9.52. The van der Waals surface area contributed by atoms with Crippen LogP contribution in [0.1, 0.15) is 41.5 Å². The summed E-state index contributed by atoms with van der Waals surface area (Å²) in [6, 6.07) is 8.57. The van der Waals surface area contributed by atoms with Crippen molar-refractivity contribution in [3.05, 3.63) is 45.8 Å². The maximum absolute atomic E-state index is 4.74. The van der Waals surface area contributed by atoms with Gasteiger partial charge in [-0.2, -0.15) is 0 Å². The molecule has 6 heteroatoms. The largest absolute Gasteiger partial charge is 0.357 e. The Morgan fingerprint density at radius 3 is 2.77 bits per heavy atom. The third kappa shape index (κ3) is 5.46. The van der Waals surface area contributed by atoms with Gasteiger partial charge in [0.1, 0.15) is 5.82 Å². The van der Waals surface area contributed by atoms with Crippen LogP contribution in [0.2, 0.25) is 0 Å². The van der Waals surface area contributed by atoms with Gasteiger partial charge in [-0.15, -0.1) is 11.3 Å². The van der Waals surface area contributed by atoms with Gasteiger partial charge in [0.15, 0.2) is 5.96 Å². The summed E-state index contributed by atoms with van der Waals surface area (Å²) in [6.45, 7) is 8.77. The zero-order valence-electron chi connectivity index (χ0n) is 15.8. The highest BCUT2D eigenvalue weighted by Gasteiger charge is 2.12. The Morgan fingerprint density at radius 1 is 1.19 bits per heavy atom. The normalized spacial score (nSPS) is 15.2. The van der Waals surface area contributed by atoms with Crippen molar-refractivity contribution < 1.29 is 0 Å². The fraction of sp³-hybridized carbons (Fsp3) is 0.500. The number of guanidine groups is 1. The lowest BCUT2D eigenvalue weighted by Crippen LogP contribution is -2.36. The second-order valence-electron chi connectivity index (χ2n) is 6.63. The molecule has 2 aromatic heterocycles. The third-order valence-electron chi connectivity index (χ3n) is 4.48. The molecule has 1 aliphatic heterocycles. The zero-order chi connectivity index (χ0) is 18.2. The SMILES string of the molecule is CCNC(=NCc1ccnc(N2CCCCC2)c1)NCc1ccc(C)s1. The Labute approximate surface area is 160 Å². The quantitative estimate of drug-likeness (QED) is 0.601. The number of anilines is 1. The molecule has 0 atom stereocenters. The molecule has 2 aromatic rings. The Bertz CT molecular complexity index is 718. The monoisotopic (exact) mass is 371 g/mol. The van der Waals surface area contributed by atoms with Crippen LogP contribution in [-0.4, -0.2) is 30.6 Å². The second-order valence-corrected chi connectivity index (χ2v) is 8.00. The van der Waals surface area contributed by atoms with E-state index in [1.54, 1.807) is 0 Å². The predicted octanol–water partition coefficient (Wildman–Crippen LogP) is 3.70. The molecule has 1 fully saturated rings. The lowest BCUT2D eigenvalue weighted by molar-refractivity contribution is 0.573. The molecule has 3 rings (SSSR count). The fourth-order valence-corrected chi connectivity index (χ4v) is 3.95. The highest BCUT2D eigenvalue weighted by Crippen LogP contribution is 2.18. The van der Waals surface area contributed by atoms with Gasteiger partial charge >= 0.3 is 0 Å². The molecule has 5 nitrogen and oxygen atoms in total. The van der Waals surface area contributed by atoms with Gasteiger partial charge in [-0.3, -0.25) is 0 Å². The molecule has 0 radical (unpaired) electrons. The van der Waals surface area contributed by atoms with Crippen molar-refractivity contribution >= 4 is 23.1 Å². The number of aliphatic imine (C=N–C) groups is 1. The van der Waals surface area contributed by atoms with Gasteiger partial charge in [0, 0.05) is 35.6 Å². The summed E-state index contributed by atoms with van der Waals surface area (Å²) < 4.78 is 0. The van der Waals surface area contributed by atoms with E-state index in [-0.39, 0.29) is 0 Å². The maximum atomic E-state index is 4.74. The van der Waals surface area contributed by atoms with Crippen molar-refractivity contribution in [3.63, 3.8) is 0 Å². The third-order valence-corrected chi connectivity index (χ3v) is 5.48. The lowest BCUT2D eigenvalue weighted by atomic mass is 10.1. The molecule has 0 bridgehead atoms. The first-order chi connectivity index (χ1) is 12.7. The minimum Gasteiger partial charge on any atom is -0.357 e. The molecule has 0 spiro atoms. The van der Waals surface area contributed by atoms with Crippen LogP contribution in [0, 0.1) is 6.92 Å². The maximum Gasteiger partial charge on any atom is 0.191 e. The molecular weight excluding hydrogens is 342 g/mol. The fourth-order valence-electron chi connectivity index (χ4n) is 3.12. The number of aromatic nitrogens is 1. The van der Waals surface area contributed by atoms with Gasteiger partial charge in [0.2, 0.25) is 0 Å². The van der Waals surface area contributed by atoms with E-state index in [2.05, 4.69) is 58.6 Å². The number of thiophene rings is 1. The molecule has 3 heterocycles. The van der Waals surface area contributed by atoms with E-state index < -0.39 is 0 Å². The molecule has 1 saturated heterocycles. The van der Waals surface area contributed by atoms with Crippen LogP contribution in [-0.2, 0) is 13.1 Å². The van der Waals surface area contributed by atoms with Gasteiger partial charge in [0.25, 0.3) is 0 Å². The first kappa shape index (κ1) is 18.7. The number of aryl methyl sites for hydroxylation is 1. The summed E-state index contributed by atoms with van der Waals surface area (Å²) in [4.78, 5) is 14.3. The summed E-state index contributed by atoms with van der Waals surface area (Å²) in [5, 5.41) is 6.75. The Balaban J connectivity index is 1.61. The van der Waals surface area contributed by atoms with Gasteiger partial charge in [-0.25, -0.2) is 9.98 Å².